The van der Waals surface area contributed by atoms with E-state index in [4.69, 9.17) is 0 Å². The molecule has 0 saturated carbocycles. The SMILES string of the molecule is CN(C)C(=O)C1CNCCN1C1CN2CCC1CC2. The monoisotopic (exact) mass is 266 g/mol. The molecule has 0 radical (unpaired) electrons. The highest BCUT2D eigenvalue weighted by Crippen LogP contribution is 2.32. The first kappa shape index (κ1) is 13.3. The molecular weight excluding hydrogens is 240 g/mol. The van der Waals surface area contributed by atoms with Crippen LogP contribution in [0.4, 0.5) is 0 Å². The maximum atomic E-state index is 12.4. The third-order valence-electron chi connectivity index (χ3n) is 5.06. The summed E-state index contributed by atoms with van der Waals surface area (Å²) in [6.45, 7) is 6.53. The summed E-state index contributed by atoms with van der Waals surface area (Å²) >= 11 is 0. The lowest BCUT2D eigenvalue weighted by atomic mass is 9.82. The number of likely N-dealkylation sites (N-methyl/N-ethyl adjacent to an activating group) is 1. The van der Waals surface area contributed by atoms with Crippen LogP contribution in [0.5, 0.6) is 0 Å². The summed E-state index contributed by atoms with van der Waals surface area (Å²) in [5.41, 5.74) is 0. The smallest absolute Gasteiger partial charge is 0.240 e. The molecule has 4 heterocycles. The van der Waals surface area contributed by atoms with Crippen molar-refractivity contribution in [3.05, 3.63) is 0 Å². The molecule has 0 aromatic carbocycles. The highest BCUT2D eigenvalue weighted by molar-refractivity contribution is 5.81. The van der Waals surface area contributed by atoms with Crippen LogP contribution in [-0.2, 0) is 4.79 Å². The van der Waals surface area contributed by atoms with Gasteiger partial charge in [-0.15, -0.1) is 0 Å². The minimum absolute atomic E-state index is 0.0364. The molecule has 4 rings (SSSR count). The van der Waals surface area contributed by atoms with E-state index in [1.807, 2.05) is 14.1 Å². The van der Waals surface area contributed by atoms with E-state index in [-0.39, 0.29) is 11.9 Å². The lowest BCUT2D eigenvalue weighted by Gasteiger charge is -2.52. The quantitative estimate of drug-likeness (QED) is 0.727. The van der Waals surface area contributed by atoms with Crippen molar-refractivity contribution in [2.45, 2.75) is 24.9 Å². The van der Waals surface area contributed by atoms with Crippen molar-refractivity contribution < 1.29 is 4.79 Å². The van der Waals surface area contributed by atoms with Crippen LogP contribution >= 0.6 is 0 Å². The maximum Gasteiger partial charge on any atom is 0.240 e. The van der Waals surface area contributed by atoms with Crippen LogP contribution in [0.3, 0.4) is 0 Å². The van der Waals surface area contributed by atoms with Gasteiger partial charge < -0.3 is 15.1 Å². The van der Waals surface area contributed by atoms with Gasteiger partial charge in [-0.3, -0.25) is 9.69 Å². The molecule has 5 heteroatoms. The molecule has 4 aliphatic heterocycles. The summed E-state index contributed by atoms with van der Waals surface area (Å²) < 4.78 is 0. The van der Waals surface area contributed by atoms with Gasteiger partial charge >= 0.3 is 0 Å². The number of amides is 1. The van der Waals surface area contributed by atoms with Crippen molar-refractivity contribution >= 4 is 5.91 Å². The number of carbonyl (C=O) groups is 1. The molecule has 1 amide bonds. The van der Waals surface area contributed by atoms with Crippen molar-refractivity contribution in [1.82, 2.24) is 20.0 Å². The Kier molecular flexibility index (Phi) is 3.78. The maximum absolute atomic E-state index is 12.4. The third kappa shape index (κ3) is 2.51. The predicted molar refractivity (Wildman–Crippen MR) is 75.0 cm³/mol. The van der Waals surface area contributed by atoms with Crippen molar-refractivity contribution in [2.24, 2.45) is 5.92 Å². The second-order valence-electron chi connectivity index (χ2n) is 6.40. The molecule has 5 nitrogen and oxygen atoms in total. The summed E-state index contributed by atoms with van der Waals surface area (Å²) in [7, 11) is 3.73. The number of hydrogen-bond donors (Lipinski definition) is 1. The predicted octanol–water partition coefficient (Wildman–Crippen LogP) is -0.557. The van der Waals surface area contributed by atoms with E-state index in [2.05, 4.69) is 15.1 Å². The standard InChI is InChI=1S/C14H26N4O/c1-16(2)14(19)12-9-15-5-8-18(12)13-10-17-6-3-11(13)4-7-17/h11-13,15H,3-10H2,1-2H3. The van der Waals surface area contributed by atoms with Crippen LogP contribution in [-0.4, -0.2) is 86.1 Å². The number of nitrogens with zero attached hydrogens (tertiary/aromatic N) is 3. The first-order valence-corrected chi connectivity index (χ1v) is 7.57. The molecule has 0 aromatic heterocycles. The fraction of sp³-hybridized carbons (Fsp3) is 0.929. The number of piperazine rings is 1. The van der Waals surface area contributed by atoms with Gasteiger partial charge in [-0.05, 0) is 31.8 Å². The van der Waals surface area contributed by atoms with Gasteiger partial charge in [-0.1, -0.05) is 0 Å². The zero-order chi connectivity index (χ0) is 13.4. The Balaban J connectivity index is 1.75. The number of carbonyl (C=O) groups excluding carboxylic acids is 1. The molecule has 1 N–H and O–H groups in total. The van der Waals surface area contributed by atoms with Gasteiger partial charge in [0, 0.05) is 46.3 Å². The van der Waals surface area contributed by atoms with Gasteiger partial charge in [0.15, 0.2) is 0 Å². The Morgan fingerprint density at radius 2 is 1.95 bits per heavy atom. The Labute approximate surface area is 115 Å². The van der Waals surface area contributed by atoms with Gasteiger partial charge in [-0.2, -0.15) is 0 Å². The average Bonchev–Trinajstić information content (AvgIpc) is 2.47. The van der Waals surface area contributed by atoms with E-state index >= 15 is 0 Å². The number of hydrogen-bond acceptors (Lipinski definition) is 4. The van der Waals surface area contributed by atoms with Gasteiger partial charge in [-0.25, -0.2) is 0 Å². The summed E-state index contributed by atoms with van der Waals surface area (Å²) in [6.07, 6.45) is 2.63. The van der Waals surface area contributed by atoms with Gasteiger partial charge in [0.25, 0.3) is 0 Å². The molecule has 19 heavy (non-hydrogen) atoms. The van der Waals surface area contributed by atoms with E-state index in [1.165, 1.54) is 32.5 Å². The van der Waals surface area contributed by atoms with Crippen molar-refractivity contribution in [3.8, 4) is 0 Å². The molecule has 2 bridgehead atoms. The molecule has 4 aliphatic rings. The van der Waals surface area contributed by atoms with Crippen molar-refractivity contribution in [1.29, 1.82) is 0 Å². The second kappa shape index (κ2) is 5.38. The van der Waals surface area contributed by atoms with E-state index in [9.17, 15) is 4.79 Å². The number of nitrogens with one attached hydrogen (secondary N) is 1. The van der Waals surface area contributed by atoms with E-state index in [1.54, 1.807) is 4.90 Å². The summed E-state index contributed by atoms with van der Waals surface area (Å²) in [4.78, 5) is 19.2. The highest BCUT2D eigenvalue weighted by Gasteiger charge is 2.42. The van der Waals surface area contributed by atoms with E-state index < -0.39 is 0 Å². The largest absolute Gasteiger partial charge is 0.347 e. The fourth-order valence-electron chi connectivity index (χ4n) is 3.95. The van der Waals surface area contributed by atoms with Gasteiger partial charge in [0.2, 0.25) is 5.91 Å². The molecule has 108 valence electrons. The van der Waals surface area contributed by atoms with Gasteiger partial charge in [0.05, 0.1) is 0 Å². The van der Waals surface area contributed by atoms with E-state index in [0.717, 1.165) is 25.6 Å². The van der Waals surface area contributed by atoms with Crippen LogP contribution in [0.2, 0.25) is 0 Å². The Morgan fingerprint density at radius 1 is 1.21 bits per heavy atom. The molecule has 2 unspecified atom stereocenters. The van der Waals surface area contributed by atoms with Crippen LogP contribution in [0.15, 0.2) is 0 Å². The topological polar surface area (TPSA) is 38.8 Å². The minimum Gasteiger partial charge on any atom is -0.347 e. The van der Waals surface area contributed by atoms with Crippen LogP contribution in [0, 0.1) is 5.92 Å². The van der Waals surface area contributed by atoms with Crippen molar-refractivity contribution in [3.63, 3.8) is 0 Å². The number of piperidine rings is 3. The second-order valence-corrected chi connectivity index (χ2v) is 6.40. The summed E-state index contributed by atoms with van der Waals surface area (Å²) in [6, 6.07) is 0.632. The Hall–Kier alpha value is -0.650. The Bertz CT molecular complexity index is 338. The minimum atomic E-state index is 0.0364. The van der Waals surface area contributed by atoms with Crippen LogP contribution < -0.4 is 5.32 Å². The molecular formula is C14H26N4O. The molecule has 0 aliphatic carbocycles. The third-order valence-corrected chi connectivity index (χ3v) is 5.06. The zero-order valence-electron chi connectivity index (χ0n) is 12.1. The van der Waals surface area contributed by atoms with Crippen molar-refractivity contribution in [2.75, 3.05) is 53.4 Å². The molecule has 0 spiro atoms. The molecule has 4 fully saturated rings. The Morgan fingerprint density at radius 3 is 2.53 bits per heavy atom. The molecule has 4 saturated heterocycles. The van der Waals surface area contributed by atoms with Crippen LogP contribution in [0.25, 0.3) is 0 Å². The first-order valence-electron chi connectivity index (χ1n) is 7.57. The average molecular weight is 266 g/mol. The lowest BCUT2D eigenvalue weighted by Crippen LogP contribution is -2.66. The number of rotatable bonds is 2. The highest BCUT2D eigenvalue weighted by atomic mass is 16.2. The number of fused-ring (bicyclic) bond motifs is 3. The normalized spacial score (nSPS) is 39.3. The van der Waals surface area contributed by atoms with E-state index in [0.29, 0.717) is 6.04 Å². The van der Waals surface area contributed by atoms with Crippen LogP contribution in [0.1, 0.15) is 12.8 Å². The van der Waals surface area contributed by atoms with Gasteiger partial charge in [0.1, 0.15) is 6.04 Å². The first-order chi connectivity index (χ1) is 9.16. The molecule has 2 atom stereocenters. The summed E-state index contributed by atoms with van der Waals surface area (Å²) in [5, 5.41) is 3.38. The zero-order valence-corrected chi connectivity index (χ0v) is 12.1. The summed E-state index contributed by atoms with van der Waals surface area (Å²) in [5.74, 6) is 1.06. The lowest BCUT2D eigenvalue weighted by molar-refractivity contribution is -0.138. The molecule has 0 aromatic rings. The fourth-order valence-corrected chi connectivity index (χ4v) is 3.95.